The van der Waals surface area contributed by atoms with Crippen molar-refractivity contribution in [2.45, 2.75) is 46.2 Å². The second-order valence-corrected chi connectivity index (χ2v) is 9.70. The van der Waals surface area contributed by atoms with Gasteiger partial charge < -0.3 is 16.0 Å². The lowest BCUT2D eigenvalue weighted by molar-refractivity contribution is 0.661. The quantitative estimate of drug-likeness (QED) is 0.137. The van der Waals surface area contributed by atoms with E-state index in [1.54, 1.807) is 7.05 Å². The number of aryl methyl sites for hydroxylation is 1. The van der Waals surface area contributed by atoms with Crippen LogP contribution in [0.1, 0.15) is 55.5 Å². The molecule has 0 aliphatic carbocycles. The Morgan fingerprint density at radius 3 is 2.49 bits per heavy atom. The van der Waals surface area contributed by atoms with E-state index in [9.17, 15) is 0 Å². The van der Waals surface area contributed by atoms with E-state index >= 15 is 0 Å². The molecule has 3 rings (SSSR count). The van der Waals surface area contributed by atoms with Gasteiger partial charge in [0.25, 0.3) is 0 Å². The lowest BCUT2D eigenvalue weighted by atomic mass is 9.99. The van der Waals surface area contributed by atoms with Gasteiger partial charge in [-0.2, -0.15) is 5.26 Å². The fourth-order valence-corrected chi connectivity index (χ4v) is 4.11. The van der Waals surface area contributed by atoms with Crippen molar-refractivity contribution in [3.63, 3.8) is 0 Å². The Labute approximate surface area is 233 Å². The van der Waals surface area contributed by atoms with Crippen molar-refractivity contribution in [1.29, 1.82) is 5.26 Å². The molecule has 0 saturated heterocycles. The predicted molar refractivity (Wildman–Crippen MR) is 166 cm³/mol. The summed E-state index contributed by atoms with van der Waals surface area (Å²) >= 11 is 0. The highest BCUT2D eigenvalue weighted by Gasteiger charge is 2.13. The summed E-state index contributed by atoms with van der Waals surface area (Å²) in [4.78, 5) is 8.88. The number of hydrogen-bond donors (Lipinski definition) is 3. The minimum absolute atomic E-state index is 0.0135. The Morgan fingerprint density at radius 1 is 1.10 bits per heavy atom. The van der Waals surface area contributed by atoms with E-state index in [-0.39, 0.29) is 6.04 Å². The van der Waals surface area contributed by atoms with Gasteiger partial charge in [0, 0.05) is 36.7 Å². The number of nitriles is 1. The van der Waals surface area contributed by atoms with E-state index in [1.807, 2.05) is 44.2 Å². The minimum atomic E-state index is 0.0135. The van der Waals surface area contributed by atoms with Gasteiger partial charge in [-0.05, 0) is 73.6 Å². The van der Waals surface area contributed by atoms with Gasteiger partial charge in [-0.3, -0.25) is 4.99 Å². The molecule has 1 heterocycles. The van der Waals surface area contributed by atoms with Crippen molar-refractivity contribution in [3.05, 3.63) is 120 Å². The van der Waals surface area contributed by atoms with Crippen LogP contribution in [0.5, 0.6) is 0 Å². The topological polar surface area (TPSA) is 84.6 Å². The second kappa shape index (κ2) is 13.3. The molecular formula is C33H38N6. The molecule has 0 aromatic heterocycles. The zero-order valence-electron chi connectivity index (χ0n) is 23.5. The van der Waals surface area contributed by atoms with E-state index in [0.29, 0.717) is 29.4 Å². The molecule has 1 atom stereocenters. The van der Waals surface area contributed by atoms with Gasteiger partial charge >= 0.3 is 0 Å². The summed E-state index contributed by atoms with van der Waals surface area (Å²) in [6.45, 7) is 22.9. The van der Waals surface area contributed by atoms with Gasteiger partial charge in [0.2, 0.25) is 0 Å². The molecule has 0 saturated carbocycles. The van der Waals surface area contributed by atoms with Gasteiger partial charge in [-0.25, -0.2) is 4.99 Å². The molecule has 6 heteroatoms. The molecule has 2 aromatic carbocycles. The SMILES string of the molecule is C=C1CCc2ccc(CNC(=C)C(/C=C(\C)C(=C)N[C@H](C)c3ccc(C(=C)C#N)cc3)=NC(C)=NC)cc2N1. The van der Waals surface area contributed by atoms with Crippen LogP contribution in [0.15, 0.2) is 108 Å². The van der Waals surface area contributed by atoms with Crippen molar-refractivity contribution >= 4 is 22.8 Å². The molecule has 2 aromatic rings. The molecule has 0 amide bonds. The highest BCUT2D eigenvalue weighted by molar-refractivity contribution is 6.13. The number of aliphatic imine (C=N–C) groups is 2. The number of anilines is 1. The molecule has 0 spiro atoms. The first-order valence-corrected chi connectivity index (χ1v) is 13.0. The average Bonchev–Trinajstić information content (AvgIpc) is 2.94. The normalized spacial score (nSPS) is 14.4. The minimum Gasteiger partial charge on any atom is -0.380 e. The summed E-state index contributed by atoms with van der Waals surface area (Å²) in [5.41, 5.74) is 10.1. The smallest absolute Gasteiger partial charge is 0.120 e. The van der Waals surface area contributed by atoms with Gasteiger partial charge in [-0.15, -0.1) is 0 Å². The fraction of sp³-hybridized carbons (Fsp3) is 0.242. The van der Waals surface area contributed by atoms with Crippen LogP contribution in [-0.2, 0) is 13.0 Å². The maximum absolute atomic E-state index is 9.06. The number of fused-ring (bicyclic) bond motifs is 1. The van der Waals surface area contributed by atoms with Gasteiger partial charge in [0.15, 0.2) is 0 Å². The van der Waals surface area contributed by atoms with E-state index in [0.717, 1.165) is 52.2 Å². The number of amidine groups is 1. The van der Waals surface area contributed by atoms with Crippen LogP contribution in [0.25, 0.3) is 5.57 Å². The van der Waals surface area contributed by atoms with Gasteiger partial charge in [0.05, 0.1) is 23.1 Å². The fourth-order valence-electron chi connectivity index (χ4n) is 4.11. The first-order valence-electron chi connectivity index (χ1n) is 13.0. The monoisotopic (exact) mass is 518 g/mol. The number of nitrogens with zero attached hydrogens (tertiary/aromatic N) is 3. The summed E-state index contributed by atoms with van der Waals surface area (Å²) < 4.78 is 0. The zero-order valence-corrected chi connectivity index (χ0v) is 23.5. The number of allylic oxidation sites excluding steroid dienone is 4. The summed E-state index contributed by atoms with van der Waals surface area (Å²) in [5, 5.41) is 19.3. The highest BCUT2D eigenvalue weighted by atomic mass is 15.0. The zero-order chi connectivity index (χ0) is 28.5. The predicted octanol–water partition coefficient (Wildman–Crippen LogP) is 7.00. The molecule has 3 N–H and O–H groups in total. The number of hydrogen-bond acceptors (Lipinski definition) is 5. The third-order valence-electron chi connectivity index (χ3n) is 6.72. The summed E-state index contributed by atoms with van der Waals surface area (Å²) in [6, 6.07) is 16.4. The van der Waals surface area contributed by atoms with Crippen molar-refractivity contribution in [2.75, 3.05) is 12.4 Å². The van der Waals surface area contributed by atoms with Crippen LogP contribution in [0.2, 0.25) is 0 Å². The first-order chi connectivity index (χ1) is 18.6. The van der Waals surface area contributed by atoms with E-state index in [4.69, 9.17) is 5.26 Å². The number of nitrogens with one attached hydrogen (secondary N) is 3. The van der Waals surface area contributed by atoms with E-state index in [2.05, 4.69) is 83.4 Å². The van der Waals surface area contributed by atoms with Crippen molar-refractivity contribution in [3.8, 4) is 6.07 Å². The Kier molecular flexibility index (Phi) is 9.83. The van der Waals surface area contributed by atoms with Crippen molar-refractivity contribution < 1.29 is 0 Å². The van der Waals surface area contributed by atoms with Gasteiger partial charge in [0.1, 0.15) is 5.84 Å². The van der Waals surface area contributed by atoms with Crippen LogP contribution in [0, 0.1) is 11.3 Å². The lowest BCUT2D eigenvalue weighted by Crippen LogP contribution is -2.21. The first kappa shape index (κ1) is 28.9. The molecule has 0 radical (unpaired) electrons. The molecule has 6 nitrogen and oxygen atoms in total. The highest BCUT2D eigenvalue weighted by Crippen LogP contribution is 2.27. The second-order valence-electron chi connectivity index (χ2n) is 9.70. The van der Waals surface area contributed by atoms with Crippen LogP contribution < -0.4 is 16.0 Å². The maximum Gasteiger partial charge on any atom is 0.120 e. The Morgan fingerprint density at radius 2 is 1.82 bits per heavy atom. The van der Waals surface area contributed by atoms with Crippen LogP contribution in [0.3, 0.4) is 0 Å². The third kappa shape index (κ3) is 7.93. The summed E-state index contributed by atoms with van der Waals surface area (Å²) in [5.74, 6) is 0.652. The van der Waals surface area contributed by atoms with Crippen LogP contribution in [0.4, 0.5) is 5.69 Å². The molecule has 39 heavy (non-hydrogen) atoms. The molecule has 1 aliphatic heterocycles. The third-order valence-corrected chi connectivity index (χ3v) is 6.72. The van der Waals surface area contributed by atoms with Crippen LogP contribution in [-0.4, -0.2) is 18.6 Å². The Hall–Kier alpha value is -4.63. The molecule has 1 aliphatic rings. The largest absolute Gasteiger partial charge is 0.380 e. The standard InChI is InChI=1S/C33H38N6/c1-21(24(4)38-25(5)30-15-13-29(14-16-30)22(2)19-34)17-32(39-27(7)35-8)26(6)36-20-28-10-12-31-11-9-23(3)37-33(31)18-28/h10,12-18,25,36-38H,2-4,6,9,11,20H2,1,5,7-8H3/b21-17+,35-27?,39-32?/t25-/m1/s1. The molecule has 0 unspecified atom stereocenters. The summed E-state index contributed by atoms with van der Waals surface area (Å²) in [7, 11) is 1.72. The number of rotatable bonds is 10. The summed E-state index contributed by atoms with van der Waals surface area (Å²) in [6.07, 6.45) is 3.94. The number of benzene rings is 2. The molecule has 0 bridgehead atoms. The Bertz CT molecular complexity index is 1410. The van der Waals surface area contributed by atoms with Crippen molar-refractivity contribution in [2.24, 2.45) is 9.98 Å². The lowest BCUT2D eigenvalue weighted by Gasteiger charge is -2.21. The Balaban J connectivity index is 1.70. The van der Waals surface area contributed by atoms with E-state index in [1.165, 1.54) is 5.56 Å². The van der Waals surface area contributed by atoms with E-state index < -0.39 is 0 Å². The van der Waals surface area contributed by atoms with Crippen LogP contribution >= 0.6 is 0 Å². The maximum atomic E-state index is 9.06. The van der Waals surface area contributed by atoms with Crippen molar-refractivity contribution in [1.82, 2.24) is 10.6 Å². The average molecular weight is 519 g/mol. The van der Waals surface area contributed by atoms with Gasteiger partial charge in [-0.1, -0.05) is 62.7 Å². The molecular weight excluding hydrogens is 480 g/mol. The molecule has 0 fully saturated rings. The molecule has 200 valence electrons.